The first kappa shape index (κ1) is 12.7. The average Bonchev–Trinajstić information content (AvgIpc) is 2.34. The molecule has 2 unspecified atom stereocenters. The van der Waals surface area contributed by atoms with E-state index in [9.17, 15) is 4.79 Å². The molecule has 1 aromatic rings. The van der Waals surface area contributed by atoms with Gasteiger partial charge in [-0.25, -0.2) is 4.79 Å². The fraction of sp³-hybridized carbons (Fsp3) is 0.500. The van der Waals surface area contributed by atoms with Gasteiger partial charge < -0.3 is 16.2 Å². The van der Waals surface area contributed by atoms with Gasteiger partial charge in [0.25, 0.3) is 0 Å². The molecule has 0 aromatic heterocycles. The Morgan fingerprint density at radius 1 is 1.39 bits per heavy atom. The van der Waals surface area contributed by atoms with Crippen molar-refractivity contribution in [2.75, 3.05) is 11.1 Å². The minimum atomic E-state index is -0.979. The number of para-hydroxylation sites is 1. The molecule has 0 aliphatic heterocycles. The Kier molecular flexibility index (Phi) is 3.75. The largest absolute Gasteiger partial charge is 0.478 e. The molecular weight excluding hydrogens is 228 g/mol. The van der Waals surface area contributed by atoms with Gasteiger partial charge >= 0.3 is 5.97 Å². The second-order valence-corrected chi connectivity index (χ2v) is 5.08. The zero-order valence-electron chi connectivity index (χ0n) is 10.6. The Bertz CT molecular complexity index is 445. The number of nitrogen functional groups attached to an aromatic ring is 1. The van der Waals surface area contributed by atoms with Crippen LogP contribution in [-0.2, 0) is 0 Å². The third-order valence-electron chi connectivity index (χ3n) is 3.79. The van der Waals surface area contributed by atoms with Gasteiger partial charge in [0, 0.05) is 6.04 Å². The number of aromatic carboxylic acids is 1. The van der Waals surface area contributed by atoms with E-state index in [0.29, 0.717) is 17.6 Å². The Morgan fingerprint density at radius 2 is 2.11 bits per heavy atom. The van der Waals surface area contributed by atoms with Crippen molar-refractivity contribution in [2.45, 2.75) is 38.6 Å². The van der Waals surface area contributed by atoms with Crippen LogP contribution in [0, 0.1) is 5.92 Å². The van der Waals surface area contributed by atoms with Crippen LogP contribution >= 0.6 is 0 Å². The number of nitrogens with two attached hydrogens (primary N) is 1. The lowest BCUT2D eigenvalue weighted by atomic mass is 9.86. The lowest BCUT2D eigenvalue weighted by Gasteiger charge is -2.31. The van der Waals surface area contributed by atoms with Crippen molar-refractivity contribution in [3.63, 3.8) is 0 Å². The molecule has 98 valence electrons. The van der Waals surface area contributed by atoms with Crippen molar-refractivity contribution in [1.29, 1.82) is 0 Å². The predicted octanol–water partition coefficient (Wildman–Crippen LogP) is 2.96. The van der Waals surface area contributed by atoms with E-state index in [-0.39, 0.29) is 5.56 Å². The van der Waals surface area contributed by atoms with Crippen LogP contribution in [0.2, 0.25) is 0 Å². The van der Waals surface area contributed by atoms with Gasteiger partial charge in [-0.3, -0.25) is 0 Å². The maximum Gasteiger partial charge on any atom is 0.337 e. The number of benzene rings is 1. The van der Waals surface area contributed by atoms with Gasteiger partial charge in [0.2, 0.25) is 0 Å². The molecule has 2 atom stereocenters. The first-order chi connectivity index (χ1) is 8.59. The fourth-order valence-corrected chi connectivity index (χ4v) is 2.61. The monoisotopic (exact) mass is 248 g/mol. The number of rotatable bonds is 3. The zero-order chi connectivity index (χ0) is 13.1. The summed E-state index contributed by atoms with van der Waals surface area (Å²) < 4.78 is 0. The van der Waals surface area contributed by atoms with Crippen LogP contribution in [-0.4, -0.2) is 17.1 Å². The van der Waals surface area contributed by atoms with Gasteiger partial charge in [0.05, 0.1) is 16.9 Å². The smallest absolute Gasteiger partial charge is 0.337 e. The molecule has 1 aliphatic carbocycles. The van der Waals surface area contributed by atoms with Crippen molar-refractivity contribution in [3.05, 3.63) is 23.8 Å². The quantitative estimate of drug-likeness (QED) is 0.719. The summed E-state index contributed by atoms with van der Waals surface area (Å²) in [5, 5.41) is 12.4. The second-order valence-electron chi connectivity index (χ2n) is 5.08. The van der Waals surface area contributed by atoms with E-state index >= 15 is 0 Å². The molecule has 2 rings (SSSR count). The maximum absolute atomic E-state index is 11.0. The molecule has 0 radical (unpaired) electrons. The van der Waals surface area contributed by atoms with Crippen LogP contribution in [0.1, 0.15) is 43.0 Å². The topological polar surface area (TPSA) is 75.3 Å². The summed E-state index contributed by atoms with van der Waals surface area (Å²) in [6.45, 7) is 2.23. The first-order valence-corrected chi connectivity index (χ1v) is 6.48. The highest BCUT2D eigenvalue weighted by Crippen LogP contribution is 2.30. The number of carboxylic acids is 1. The van der Waals surface area contributed by atoms with E-state index in [1.54, 1.807) is 6.07 Å². The minimum Gasteiger partial charge on any atom is -0.478 e. The summed E-state index contributed by atoms with van der Waals surface area (Å²) in [7, 11) is 0. The van der Waals surface area contributed by atoms with E-state index in [0.717, 1.165) is 12.1 Å². The molecule has 4 nitrogen and oxygen atoms in total. The van der Waals surface area contributed by atoms with Gasteiger partial charge in [0.1, 0.15) is 0 Å². The molecule has 0 saturated heterocycles. The number of carbonyl (C=O) groups is 1. The number of anilines is 2. The summed E-state index contributed by atoms with van der Waals surface area (Å²) in [5.74, 6) is -0.375. The van der Waals surface area contributed by atoms with Crippen molar-refractivity contribution in [2.24, 2.45) is 5.92 Å². The van der Waals surface area contributed by atoms with Crippen molar-refractivity contribution in [3.8, 4) is 0 Å². The molecule has 1 saturated carbocycles. The summed E-state index contributed by atoms with van der Waals surface area (Å²) in [5.41, 5.74) is 7.15. The molecule has 1 aromatic carbocycles. The van der Waals surface area contributed by atoms with E-state index in [2.05, 4.69) is 12.2 Å². The standard InChI is InChI=1S/C14H20N2O2/c1-9-5-2-3-7-11(9)16-12-8-4-6-10(13(12)15)14(17)18/h4,6,8-9,11,16H,2-3,5,7,15H2,1H3,(H,17,18). The summed E-state index contributed by atoms with van der Waals surface area (Å²) in [6.07, 6.45) is 4.85. The molecular formula is C14H20N2O2. The van der Waals surface area contributed by atoms with Gasteiger partial charge in [-0.05, 0) is 30.9 Å². The summed E-state index contributed by atoms with van der Waals surface area (Å²) >= 11 is 0. The Hall–Kier alpha value is -1.71. The number of hydrogen-bond donors (Lipinski definition) is 3. The summed E-state index contributed by atoms with van der Waals surface area (Å²) in [4.78, 5) is 11.0. The number of carboxylic acid groups (broad SMARTS) is 1. The van der Waals surface area contributed by atoms with E-state index in [4.69, 9.17) is 10.8 Å². The number of nitrogens with one attached hydrogen (secondary N) is 1. The molecule has 18 heavy (non-hydrogen) atoms. The van der Waals surface area contributed by atoms with Gasteiger partial charge in [-0.2, -0.15) is 0 Å². The predicted molar refractivity (Wildman–Crippen MR) is 72.9 cm³/mol. The minimum absolute atomic E-state index is 0.170. The molecule has 0 heterocycles. The first-order valence-electron chi connectivity index (χ1n) is 6.48. The van der Waals surface area contributed by atoms with Crippen LogP contribution in [0.15, 0.2) is 18.2 Å². The molecule has 4 N–H and O–H groups in total. The van der Waals surface area contributed by atoms with E-state index in [1.807, 2.05) is 6.07 Å². The van der Waals surface area contributed by atoms with Crippen LogP contribution in [0.4, 0.5) is 11.4 Å². The number of hydrogen-bond acceptors (Lipinski definition) is 3. The molecule has 0 spiro atoms. The van der Waals surface area contributed by atoms with Crippen LogP contribution in [0.25, 0.3) is 0 Å². The Labute approximate surface area is 107 Å². The Morgan fingerprint density at radius 3 is 2.78 bits per heavy atom. The maximum atomic E-state index is 11.0. The molecule has 0 bridgehead atoms. The van der Waals surface area contributed by atoms with Crippen LogP contribution in [0.3, 0.4) is 0 Å². The zero-order valence-corrected chi connectivity index (χ0v) is 10.6. The lowest BCUT2D eigenvalue weighted by molar-refractivity contribution is 0.0698. The molecule has 0 amide bonds. The van der Waals surface area contributed by atoms with E-state index in [1.165, 1.54) is 25.3 Å². The third kappa shape index (κ3) is 2.58. The van der Waals surface area contributed by atoms with E-state index < -0.39 is 5.97 Å². The fourth-order valence-electron chi connectivity index (χ4n) is 2.61. The van der Waals surface area contributed by atoms with Gasteiger partial charge in [0.15, 0.2) is 0 Å². The lowest BCUT2D eigenvalue weighted by Crippen LogP contribution is -2.30. The average molecular weight is 248 g/mol. The molecule has 1 fully saturated rings. The SMILES string of the molecule is CC1CCCCC1Nc1cccc(C(=O)O)c1N. The van der Waals surface area contributed by atoms with Crippen molar-refractivity contribution < 1.29 is 9.90 Å². The highest BCUT2D eigenvalue weighted by atomic mass is 16.4. The third-order valence-corrected chi connectivity index (χ3v) is 3.79. The molecule has 4 heteroatoms. The Balaban J connectivity index is 2.18. The highest BCUT2D eigenvalue weighted by molar-refractivity contribution is 5.97. The van der Waals surface area contributed by atoms with Crippen molar-refractivity contribution >= 4 is 17.3 Å². The summed E-state index contributed by atoms with van der Waals surface area (Å²) in [6, 6.07) is 5.51. The van der Waals surface area contributed by atoms with Gasteiger partial charge in [-0.1, -0.05) is 25.8 Å². The van der Waals surface area contributed by atoms with Gasteiger partial charge in [-0.15, -0.1) is 0 Å². The van der Waals surface area contributed by atoms with Crippen molar-refractivity contribution in [1.82, 2.24) is 0 Å². The van der Waals surface area contributed by atoms with Crippen LogP contribution < -0.4 is 11.1 Å². The normalized spacial score (nSPS) is 23.6. The second kappa shape index (κ2) is 5.29. The van der Waals surface area contributed by atoms with Crippen LogP contribution in [0.5, 0.6) is 0 Å². The highest BCUT2D eigenvalue weighted by Gasteiger charge is 2.22. The molecule has 1 aliphatic rings.